The minimum absolute atomic E-state index is 0.0173. The molecule has 1 aromatic heterocycles. The molecule has 2 amide bonds. The lowest BCUT2D eigenvalue weighted by atomic mass is 9.93. The van der Waals surface area contributed by atoms with E-state index < -0.39 is 0 Å². The number of hydrogen-bond donors (Lipinski definition) is 1. The van der Waals surface area contributed by atoms with Crippen molar-refractivity contribution in [2.24, 2.45) is 0 Å². The van der Waals surface area contributed by atoms with E-state index in [1.165, 1.54) is 0 Å². The largest absolute Gasteiger partial charge is 0.495 e. The SMILES string of the molecule is COc1ccccc1N1CCN(C(=O)NC2CCCc3occc32)CC1. The molecule has 0 spiro atoms. The molecule has 1 saturated heterocycles. The number of para-hydroxylation sites is 2. The molecule has 138 valence electrons. The Morgan fingerprint density at radius 3 is 2.81 bits per heavy atom. The summed E-state index contributed by atoms with van der Waals surface area (Å²) in [5.74, 6) is 1.89. The lowest BCUT2D eigenvalue weighted by molar-refractivity contribution is 0.188. The lowest BCUT2D eigenvalue weighted by Gasteiger charge is -2.37. The first-order valence-electron chi connectivity index (χ1n) is 9.26. The number of fused-ring (bicyclic) bond motifs is 1. The Bertz CT molecular complexity index is 765. The molecule has 2 aliphatic rings. The van der Waals surface area contributed by atoms with Crippen LogP contribution in [0.25, 0.3) is 0 Å². The Kier molecular flexibility index (Phi) is 4.73. The van der Waals surface area contributed by atoms with E-state index in [9.17, 15) is 4.79 Å². The van der Waals surface area contributed by atoms with E-state index in [4.69, 9.17) is 9.15 Å². The minimum Gasteiger partial charge on any atom is -0.495 e. The zero-order valence-electron chi connectivity index (χ0n) is 15.1. The van der Waals surface area contributed by atoms with Crippen LogP contribution in [0.15, 0.2) is 41.0 Å². The molecule has 1 fully saturated rings. The topological polar surface area (TPSA) is 58.0 Å². The molecule has 4 rings (SSSR count). The Balaban J connectivity index is 1.36. The zero-order chi connectivity index (χ0) is 17.9. The maximum absolute atomic E-state index is 12.7. The first-order chi connectivity index (χ1) is 12.8. The van der Waals surface area contributed by atoms with E-state index >= 15 is 0 Å². The van der Waals surface area contributed by atoms with Gasteiger partial charge in [-0.25, -0.2) is 4.79 Å². The number of nitrogens with one attached hydrogen (secondary N) is 1. The van der Waals surface area contributed by atoms with Crippen LogP contribution < -0.4 is 15.0 Å². The standard InChI is InChI=1S/C20H25N3O3/c1-25-19-7-3-2-6-17(19)22-10-12-23(13-11-22)20(24)21-16-5-4-8-18-15(16)9-14-26-18/h2-3,6-7,9,14,16H,4-5,8,10-13H2,1H3,(H,21,24). The molecule has 0 radical (unpaired) electrons. The number of carbonyl (C=O) groups is 1. The summed E-state index contributed by atoms with van der Waals surface area (Å²) in [7, 11) is 1.69. The van der Waals surface area contributed by atoms with Gasteiger partial charge in [0.1, 0.15) is 11.5 Å². The highest BCUT2D eigenvalue weighted by Crippen LogP contribution is 2.31. The summed E-state index contributed by atoms with van der Waals surface area (Å²) in [5.41, 5.74) is 2.22. The first kappa shape index (κ1) is 16.8. The number of furan rings is 1. The number of aryl methyl sites for hydroxylation is 1. The number of amides is 2. The van der Waals surface area contributed by atoms with Gasteiger partial charge in [0.15, 0.2) is 0 Å². The number of urea groups is 1. The van der Waals surface area contributed by atoms with Crippen molar-refractivity contribution in [1.82, 2.24) is 10.2 Å². The van der Waals surface area contributed by atoms with E-state index in [1.54, 1.807) is 13.4 Å². The average molecular weight is 355 g/mol. The van der Waals surface area contributed by atoms with Crippen molar-refractivity contribution < 1.29 is 13.9 Å². The van der Waals surface area contributed by atoms with Crippen molar-refractivity contribution in [3.8, 4) is 5.75 Å². The molecule has 1 aliphatic carbocycles. The second-order valence-electron chi connectivity index (χ2n) is 6.84. The van der Waals surface area contributed by atoms with E-state index in [1.807, 2.05) is 29.2 Å². The third kappa shape index (κ3) is 3.23. The summed E-state index contributed by atoms with van der Waals surface area (Å²) in [5, 5.41) is 3.19. The fourth-order valence-corrected chi connectivity index (χ4v) is 3.92. The highest BCUT2D eigenvalue weighted by atomic mass is 16.5. The van der Waals surface area contributed by atoms with Crippen LogP contribution >= 0.6 is 0 Å². The highest BCUT2D eigenvalue weighted by molar-refractivity contribution is 5.75. The number of piperazine rings is 1. The van der Waals surface area contributed by atoms with E-state index in [0.29, 0.717) is 13.1 Å². The fourth-order valence-electron chi connectivity index (χ4n) is 3.92. The van der Waals surface area contributed by atoms with Crippen molar-refractivity contribution in [1.29, 1.82) is 0 Å². The van der Waals surface area contributed by atoms with Crippen molar-refractivity contribution in [2.45, 2.75) is 25.3 Å². The number of hydrogen-bond acceptors (Lipinski definition) is 4. The summed E-state index contributed by atoms with van der Waals surface area (Å²) in [6, 6.07) is 10.1. The van der Waals surface area contributed by atoms with E-state index in [0.717, 1.165) is 55.1 Å². The van der Waals surface area contributed by atoms with Crippen LogP contribution in [-0.4, -0.2) is 44.2 Å². The van der Waals surface area contributed by atoms with Crippen LogP contribution in [0, 0.1) is 0 Å². The predicted molar refractivity (Wildman–Crippen MR) is 99.7 cm³/mol. The molecule has 0 bridgehead atoms. The number of methoxy groups -OCH3 is 1. The van der Waals surface area contributed by atoms with Crippen molar-refractivity contribution >= 4 is 11.7 Å². The third-order valence-electron chi connectivity index (χ3n) is 5.34. The maximum Gasteiger partial charge on any atom is 0.318 e. The monoisotopic (exact) mass is 355 g/mol. The van der Waals surface area contributed by atoms with Gasteiger partial charge in [0.25, 0.3) is 0 Å². The van der Waals surface area contributed by atoms with Crippen LogP contribution in [0.4, 0.5) is 10.5 Å². The molecular weight excluding hydrogens is 330 g/mol. The van der Waals surface area contributed by atoms with Gasteiger partial charge in [-0.1, -0.05) is 12.1 Å². The van der Waals surface area contributed by atoms with Gasteiger partial charge >= 0.3 is 6.03 Å². The Hall–Kier alpha value is -2.63. The van der Waals surface area contributed by atoms with Crippen molar-refractivity contribution in [2.75, 3.05) is 38.2 Å². The Morgan fingerprint density at radius 1 is 1.19 bits per heavy atom. The smallest absolute Gasteiger partial charge is 0.318 e. The Morgan fingerprint density at radius 2 is 2.00 bits per heavy atom. The number of rotatable bonds is 3. The van der Waals surface area contributed by atoms with E-state index in [-0.39, 0.29) is 12.1 Å². The molecule has 6 heteroatoms. The average Bonchev–Trinajstić information content (AvgIpc) is 3.18. The van der Waals surface area contributed by atoms with Crippen LogP contribution in [0.1, 0.15) is 30.2 Å². The van der Waals surface area contributed by atoms with Gasteiger partial charge in [0, 0.05) is 38.2 Å². The second kappa shape index (κ2) is 7.32. The van der Waals surface area contributed by atoms with Crippen molar-refractivity contribution in [3.05, 3.63) is 47.9 Å². The quantitative estimate of drug-likeness (QED) is 0.919. The lowest BCUT2D eigenvalue weighted by Crippen LogP contribution is -2.52. The first-order valence-corrected chi connectivity index (χ1v) is 9.26. The van der Waals surface area contributed by atoms with Crippen LogP contribution in [0.5, 0.6) is 5.75 Å². The Labute approximate surface area is 153 Å². The summed E-state index contributed by atoms with van der Waals surface area (Å²) >= 11 is 0. The van der Waals surface area contributed by atoms with E-state index in [2.05, 4.69) is 16.3 Å². The van der Waals surface area contributed by atoms with Crippen LogP contribution in [-0.2, 0) is 6.42 Å². The van der Waals surface area contributed by atoms with Gasteiger partial charge in [-0.3, -0.25) is 0 Å². The molecule has 0 saturated carbocycles. The molecule has 26 heavy (non-hydrogen) atoms. The normalized spacial score (nSPS) is 19.8. The van der Waals surface area contributed by atoms with Gasteiger partial charge in [0.2, 0.25) is 0 Å². The number of carbonyl (C=O) groups excluding carboxylic acids is 1. The molecule has 1 N–H and O–H groups in total. The number of ether oxygens (including phenoxy) is 1. The minimum atomic E-state index is 0.0173. The van der Waals surface area contributed by atoms with Gasteiger partial charge in [-0.2, -0.15) is 0 Å². The summed E-state index contributed by atoms with van der Waals surface area (Å²) < 4.78 is 11.0. The molecule has 2 heterocycles. The predicted octanol–water partition coefficient (Wildman–Crippen LogP) is 3.20. The van der Waals surface area contributed by atoms with Gasteiger partial charge < -0.3 is 24.3 Å². The molecule has 1 unspecified atom stereocenters. The summed E-state index contributed by atoms with van der Waals surface area (Å²) in [4.78, 5) is 16.9. The fraction of sp³-hybridized carbons (Fsp3) is 0.450. The van der Waals surface area contributed by atoms with Crippen LogP contribution in [0.3, 0.4) is 0 Å². The molecule has 1 aromatic carbocycles. The van der Waals surface area contributed by atoms with Gasteiger partial charge in [0.05, 0.1) is 25.1 Å². The molecule has 2 aromatic rings. The second-order valence-corrected chi connectivity index (χ2v) is 6.84. The third-order valence-corrected chi connectivity index (χ3v) is 5.34. The molecule has 6 nitrogen and oxygen atoms in total. The number of anilines is 1. The maximum atomic E-state index is 12.7. The van der Waals surface area contributed by atoms with Crippen molar-refractivity contribution in [3.63, 3.8) is 0 Å². The zero-order valence-corrected chi connectivity index (χ0v) is 15.1. The number of benzene rings is 1. The van der Waals surface area contributed by atoms with Gasteiger partial charge in [-0.05, 0) is 31.0 Å². The molecular formula is C20H25N3O3. The summed E-state index contributed by atoms with van der Waals surface area (Å²) in [6.07, 6.45) is 4.71. The van der Waals surface area contributed by atoms with Crippen LogP contribution in [0.2, 0.25) is 0 Å². The highest BCUT2D eigenvalue weighted by Gasteiger charge is 2.28. The molecule has 1 aliphatic heterocycles. The molecule has 1 atom stereocenters. The van der Waals surface area contributed by atoms with Gasteiger partial charge in [-0.15, -0.1) is 0 Å². The number of nitrogens with zero attached hydrogens (tertiary/aromatic N) is 2. The summed E-state index contributed by atoms with van der Waals surface area (Å²) in [6.45, 7) is 3.01.